The van der Waals surface area contributed by atoms with Crippen molar-refractivity contribution in [1.82, 2.24) is 5.32 Å². The normalized spacial score (nSPS) is 11.0. The van der Waals surface area contributed by atoms with E-state index >= 15 is 0 Å². The van der Waals surface area contributed by atoms with Gasteiger partial charge >= 0.3 is 0 Å². The van der Waals surface area contributed by atoms with E-state index in [1.165, 1.54) is 20.3 Å². The number of benzene rings is 3. The van der Waals surface area contributed by atoms with E-state index in [2.05, 4.69) is 5.32 Å². The van der Waals surface area contributed by atoms with Crippen LogP contribution in [0.2, 0.25) is 0 Å². The number of sulfonamides is 1. The lowest BCUT2D eigenvalue weighted by atomic mass is 10.1. The molecule has 0 fully saturated rings. The van der Waals surface area contributed by atoms with Crippen LogP contribution in [-0.4, -0.2) is 35.1 Å². The van der Waals surface area contributed by atoms with E-state index in [1.54, 1.807) is 43.3 Å². The standard InChI is InChI=1S/C25H28N2O5S/c1-18-7-5-8-20(13-18)16-26-25(28)17-27(21-9-6-10-22(15-21)31-3)33(29,30)24-14-19(2)11-12-23(24)32-4/h5-15H,16-17H2,1-4H3,(H,26,28). The zero-order valence-electron chi connectivity index (χ0n) is 19.2. The SMILES string of the molecule is COc1cccc(N(CC(=O)NCc2cccc(C)c2)S(=O)(=O)c2cc(C)ccc2OC)c1. The zero-order chi connectivity index (χ0) is 24.0. The number of rotatable bonds is 9. The van der Waals surface area contributed by atoms with Crippen molar-refractivity contribution in [3.8, 4) is 11.5 Å². The monoisotopic (exact) mass is 468 g/mol. The number of aryl methyl sites for hydroxylation is 2. The lowest BCUT2D eigenvalue weighted by Gasteiger charge is -2.25. The van der Waals surface area contributed by atoms with Crippen LogP contribution in [0.3, 0.4) is 0 Å². The molecular weight excluding hydrogens is 440 g/mol. The Hall–Kier alpha value is -3.52. The second kappa shape index (κ2) is 10.4. The Kier molecular flexibility index (Phi) is 7.60. The average molecular weight is 469 g/mol. The molecule has 0 atom stereocenters. The van der Waals surface area contributed by atoms with Gasteiger partial charge in [0.25, 0.3) is 10.0 Å². The van der Waals surface area contributed by atoms with Crippen molar-refractivity contribution >= 4 is 21.6 Å². The van der Waals surface area contributed by atoms with Crippen molar-refractivity contribution in [2.45, 2.75) is 25.3 Å². The number of nitrogens with zero attached hydrogens (tertiary/aromatic N) is 1. The number of hydrogen-bond donors (Lipinski definition) is 1. The van der Waals surface area contributed by atoms with Crippen LogP contribution >= 0.6 is 0 Å². The number of ether oxygens (including phenoxy) is 2. The fraction of sp³-hybridized carbons (Fsp3) is 0.240. The summed E-state index contributed by atoms with van der Waals surface area (Å²) in [5, 5.41) is 2.81. The maximum atomic E-state index is 13.7. The van der Waals surface area contributed by atoms with Crippen molar-refractivity contribution < 1.29 is 22.7 Å². The number of anilines is 1. The van der Waals surface area contributed by atoms with E-state index < -0.39 is 22.5 Å². The molecule has 0 saturated heterocycles. The van der Waals surface area contributed by atoms with E-state index in [1.807, 2.05) is 31.2 Å². The van der Waals surface area contributed by atoms with Gasteiger partial charge in [0.15, 0.2) is 0 Å². The van der Waals surface area contributed by atoms with Gasteiger partial charge in [-0.3, -0.25) is 9.10 Å². The van der Waals surface area contributed by atoms with Crippen molar-refractivity contribution in [1.29, 1.82) is 0 Å². The summed E-state index contributed by atoms with van der Waals surface area (Å²) in [6.07, 6.45) is 0. The molecule has 0 spiro atoms. The summed E-state index contributed by atoms with van der Waals surface area (Å²) in [7, 11) is -1.23. The summed E-state index contributed by atoms with van der Waals surface area (Å²) in [6, 6.07) is 19.2. The molecule has 8 heteroatoms. The van der Waals surface area contributed by atoms with Crippen molar-refractivity contribution in [3.05, 3.63) is 83.4 Å². The maximum absolute atomic E-state index is 13.7. The lowest BCUT2D eigenvalue weighted by molar-refractivity contribution is -0.119. The summed E-state index contributed by atoms with van der Waals surface area (Å²) in [5.74, 6) is 0.243. The Balaban J connectivity index is 1.96. The van der Waals surface area contributed by atoms with Gasteiger partial charge in [0.1, 0.15) is 22.9 Å². The number of methoxy groups -OCH3 is 2. The smallest absolute Gasteiger partial charge is 0.268 e. The Morgan fingerprint density at radius 3 is 2.33 bits per heavy atom. The van der Waals surface area contributed by atoms with Crippen LogP contribution in [0, 0.1) is 13.8 Å². The molecule has 7 nitrogen and oxygen atoms in total. The minimum Gasteiger partial charge on any atom is -0.497 e. The van der Waals surface area contributed by atoms with Gasteiger partial charge in [0.05, 0.1) is 19.9 Å². The molecule has 3 aromatic rings. The van der Waals surface area contributed by atoms with E-state index in [4.69, 9.17) is 9.47 Å². The van der Waals surface area contributed by atoms with Gasteiger partial charge in [-0.2, -0.15) is 0 Å². The van der Waals surface area contributed by atoms with Gasteiger partial charge in [-0.1, -0.05) is 42.0 Å². The fourth-order valence-electron chi connectivity index (χ4n) is 3.39. The highest BCUT2D eigenvalue weighted by atomic mass is 32.2. The first kappa shape index (κ1) is 24.1. The average Bonchev–Trinajstić information content (AvgIpc) is 2.81. The number of carbonyl (C=O) groups excluding carboxylic acids is 1. The Morgan fingerprint density at radius 2 is 1.64 bits per heavy atom. The molecule has 3 rings (SSSR count). The topological polar surface area (TPSA) is 84.9 Å². The molecule has 3 aromatic carbocycles. The second-order valence-electron chi connectivity index (χ2n) is 7.63. The van der Waals surface area contributed by atoms with Crippen LogP contribution in [-0.2, 0) is 21.4 Å². The van der Waals surface area contributed by atoms with Crippen LogP contribution in [0.4, 0.5) is 5.69 Å². The highest BCUT2D eigenvalue weighted by Crippen LogP contribution is 2.32. The predicted molar refractivity (Wildman–Crippen MR) is 128 cm³/mol. The van der Waals surface area contributed by atoms with Crippen LogP contribution in [0.25, 0.3) is 0 Å². The molecule has 1 N–H and O–H groups in total. The molecule has 174 valence electrons. The van der Waals surface area contributed by atoms with Crippen molar-refractivity contribution in [2.75, 3.05) is 25.1 Å². The maximum Gasteiger partial charge on any atom is 0.268 e. The third-order valence-electron chi connectivity index (χ3n) is 5.09. The summed E-state index contributed by atoms with van der Waals surface area (Å²) in [5.41, 5.74) is 3.07. The van der Waals surface area contributed by atoms with E-state index in [-0.39, 0.29) is 10.6 Å². The fourth-order valence-corrected chi connectivity index (χ4v) is 5.05. The molecule has 0 aliphatic rings. The van der Waals surface area contributed by atoms with Gasteiger partial charge in [-0.25, -0.2) is 8.42 Å². The molecule has 0 radical (unpaired) electrons. The number of hydrogen-bond acceptors (Lipinski definition) is 5. The molecule has 0 heterocycles. The van der Waals surface area contributed by atoms with Gasteiger partial charge in [-0.05, 0) is 49.2 Å². The Labute approximate surface area is 195 Å². The van der Waals surface area contributed by atoms with E-state index in [0.717, 1.165) is 21.0 Å². The lowest BCUT2D eigenvalue weighted by Crippen LogP contribution is -2.40. The summed E-state index contributed by atoms with van der Waals surface area (Å²) in [6.45, 7) is 3.65. The molecule has 33 heavy (non-hydrogen) atoms. The van der Waals surface area contributed by atoms with Crippen LogP contribution in [0.15, 0.2) is 71.6 Å². The van der Waals surface area contributed by atoms with Crippen LogP contribution in [0.5, 0.6) is 11.5 Å². The first-order valence-corrected chi connectivity index (χ1v) is 11.8. The van der Waals surface area contributed by atoms with Gasteiger partial charge < -0.3 is 14.8 Å². The molecule has 0 aliphatic heterocycles. The molecule has 1 amide bonds. The molecule has 0 saturated carbocycles. The summed E-state index contributed by atoms with van der Waals surface area (Å²) >= 11 is 0. The molecule has 0 unspecified atom stereocenters. The number of nitrogens with one attached hydrogen (secondary N) is 1. The minimum absolute atomic E-state index is 0.0145. The summed E-state index contributed by atoms with van der Waals surface area (Å²) in [4.78, 5) is 12.8. The molecule has 0 bridgehead atoms. The highest BCUT2D eigenvalue weighted by molar-refractivity contribution is 7.93. The quantitative estimate of drug-likeness (QED) is 0.516. The van der Waals surface area contributed by atoms with Crippen LogP contribution in [0.1, 0.15) is 16.7 Å². The Bertz CT molecular complexity index is 1240. The first-order chi connectivity index (χ1) is 15.7. The van der Waals surface area contributed by atoms with Crippen molar-refractivity contribution in [3.63, 3.8) is 0 Å². The first-order valence-electron chi connectivity index (χ1n) is 10.4. The highest BCUT2D eigenvalue weighted by Gasteiger charge is 2.30. The summed E-state index contributed by atoms with van der Waals surface area (Å²) < 4.78 is 39.1. The van der Waals surface area contributed by atoms with Crippen LogP contribution < -0.4 is 19.1 Å². The third kappa shape index (κ3) is 5.84. The molecule has 0 aromatic heterocycles. The van der Waals surface area contributed by atoms with Crippen molar-refractivity contribution in [2.24, 2.45) is 0 Å². The van der Waals surface area contributed by atoms with E-state index in [9.17, 15) is 13.2 Å². The predicted octanol–water partition coefficient (Wildman–Crippen LogP) is 3.83. The van der Waals surface area contributed by atoms with Gasteiger partial charge in [-0.15, -0.1) is 0 Å². The van der Waals surface area contributed by atoms with E-state index in [0.29, 0.717) is 18.0 Å². The third-order valence-corrected chi connectivity index (χ3v) is 6.88. The Morgan fingerprint density at radius 1 is 0.909 bits per heavy atom. The largest absolute Gasteiger partial charge is 0.497 e. The number of carbonyl (C=O) groups is 1. The number of amides is 1. The minimum atomic E-state index is -4.14. The second-order valence-corrected chi connectivity index (χ2v) is 9.46. The molecular formula is C25H28N2O5S. The van der Waals surface area contributed by atoms with Gasteiger partial charge in [0, 0.05) is 12.6 Å². The molecule has 0 aliphatic carbocycles. The van der Waals surface area contributed by atoms with Gasteiger partial charge in [0.2, 0.25) is 5.91 Å². The zero-order valence-corrected chi connectivity index (χ0v) is 20.0.